The Bertz CT molecular complexity index is 568. The lowest BCUT2D eigenvalue weighted by molar-refractivity contribution is -0.274. The maximum absolute atomic E-state index is 13.9. The molecule has 0 amide bonds. The first-order valence-electron chi connectivity index (χ1n) is 6.27. The fraction of sp³-hybridized carbons (Fsp3) is 0.462. The Labute approximate surface area is 140 Å². The second-order valence-corrected chi connectivity index (χ2v) is 4.27. The lowest BCUT2D eigenvalue weighted by Gasteiger charge is -2.23. The number of benzene rings is 1. The van der Waals surface area contributed by atoms with Crippen LogP contribution in [0.25, 0.3) is 0 Å². The van der Waals surface area contributed by atoms with Gasteiger partial charge in [0.05, 0.1) is 13.7 Å². The van der Waals surface area contributed by atoms with Crippen molar-refractivity contribution in [2.75, 3.05) is 13.7 Å². The molecule has 0 radical (unpaired) electrons. The van der Waals surface area contributed by atoms with Gasteiger partial charge in [-0.25, -0.2) is 4.79 Å². The SMILES string of the molecule is CCOC(=O)C(F)(F)[C@@H](N)c1ccc(OC(F)(F)F)cc1OC.Cl. The lowest BCUT2D eigenvalue weighted by atomic mass is 10.00. The van der Waals surface area contributed by atoms with Crippen molar-refractivity contribution in [3.63, 3.8) is 0 Å². The van der Waals surface area contributed by atoms with Gasteiger partial charge in [-0.15, -0.1) is 25.6 Å². The normalized spacial score (nSPS) is 12.8. The Morgan fingerprint density at radius 2 is 1.83 bits per heavy atom. The van der Waals surface area contributed by atoms with Gasteiger partial charge in [0.2, 0.25) is 0 Å². The van der Waals surface area contributed by atoms with E-state index in [1.807, 2.05) is 0 Å². The highest BCUT2D eigenvalue weighted by atomic mass is 35.5. The molecule has 0 aliphatic rings. The highest BCUT2D eigenvalue weighted by molar-refractivity contribution is 5.85. The van der Waals surface area contributed by atoms with E-state index in [0.717, 1.165) is 25.3 Å². The van der Waals surface area contributed by atoms with Gasteiger partial charge >= 0.3 is 18.3 Å². The number of ether oxygens (including phenoxy) is 3. The van der Waals surface area contributed by atoms with Crippen molar-refractivity contribution in [2.45, 2.75) is 25.3 Å². The molecule has 1 atom stereocenters. The zero-order valence-corrected chi connectivity index (χ0v) is 13.3. The number of hydrogen-bond acceptors (Lipinski definition) is 5. The Morgan fingerprint density at radius 1 is 1.25 bits per heavy atom. The number of rotatable bonds is 6. The summed E-state index contributed by atoms with van der Waals surface area (Å²) >= 11 is 0. The maximum atomic E-state index is 13.9. The van der Waals surface area contributed by atoms with E-state index in [1.54, 1.807) is 0 Å². The van der Waals surface area contributed by atoms with Crippen molar-refractivity contribution in [3.05, 3.63) is 23.8 Å². The van der Waals surface area contributed by atoms with Crippen LogP contribution in [0.1, 0.15) is 18.5 Å². The molecular weight excluding hydrogens is 365 g/mol. The van der Waals surface area contributed by atoms with Crippen LogP contribution in [0.5, 0.6) is 11.5 Å². The predicted molar refractivity (Wildman–Crippen MR) is 75.4 cm³/mol. The molecule has 0 saturated carbocycles. The highest BCUT2D eigenvalue weighted by Gasteiger charge is 2.48. The van der Waals surface area contributed by atoms with Crippen LogP contribution in [-0.2, 0) is 9.53 Å². The minimum atomic E-state index is -4.95. The van der Waals surface area contributed by atoms with Crippen LogP contribution in [0.15, 0.2) is 18.2 Å². The molecular formula is C13H15ClF5NO4. The van der Waals surface area contributed by atoms with Gasteiger partial charge in [0.25, 0.3) is 0 Å². The molecule has 0 aliphatic carbocycles. The van der Waals surface area contributed by atoms with Crippen LogP contribution < -0.4 is 15.2 Å². The first-order chi connectivity index (χ1) is 10.5. The van der Waals surface area contributed by atoms with Crippen molar-refractivity contribution < 1.29 is 41.0 Å². The third kappa shape index (κ3) is 5.38. The van der Waals surface area contributed by atoms with E-state index in [0.29, 0.717) is 0 Å². The summed E-state index contributed by atoms with van der Waals surface area (Å²) in [7, 11) is 1.05. The number of carbonyl (C=O) groups is 1. The molecule has 1 aromatic rings. The Morgan fingerprint density at radius 3 is 2.29 bits per heavy atom. The molecule has 0 aromatic heterocycles. The van der Waals surface area contributed by atoms with E-state index < -0.39 is 30.0 Å². The molecule has 0 fully saturated rings. The Balaban J connectivity index is 0.00000529. The molecule has 11 heteroatoms. The number of hydrogen-bond donors (Lipinski definition) is 1. The number of carbonyl (C=O) groups excluding carboxylic acids is 1. The fourth-order valence-corrected chi connectivity index (χ4v) is 1.70. The van der Waals surface area contributed by atoms with E-state index in [1.165, 1.54) is 6.92 Å². The summed E-state index contributed by atoms with van der Waals surface area (Å²) in [5.41, 5.74) is 4.99. The van der Waals surface area contributed by atoms with Gasteiger partial charge in [0, 0.05) is 11.6 Å². The van der Waals surface area contributed by atoms with Crippen LogP contribution in [0, 0.1) is 0 Å². The minimum Gasteiger partial charge on any atom is -0.496 e. The first kappa shape index (κ1) is 22.2. The quantitative estimate of drug-likeness (QED) is 0.607. The monoisotopic (exact) mass is 379 g/mol. The third-order valence-electron chi connectivity index (χ3n) is 2.71. The van der Waals surface area contributed by atoms with Gasteiger partial charge in [0.1, 0.15) is 17.5 Å². The summed E-state index contributed by atoms with van der Waals surface area (Å²) in [6.45, 7) is 1.06. The van der Waals surface area contributed by atoms with Gasteiger partial charge in [-0.1, -0.05) is 0 Å². The number of halogens is 6. The van der Waals surface area contributed by atoms with Crippen LogP contribution in [0.3, 0.4) is 0 Å². The summed E-state index contributed by atoms with van der Waals surface area (Å²) in [4.78, 5) is 11.3. The molecule has 0 spiro atoms. The Kier molecular flexibility index (Phi) is 7.71. The zero-order chi connectivity index (χ0) is 17.8. The molecule has 0 aliphatic heterocycles. The summed E-state index contributed by atoms with van der Waals surface area (Å²) in [5, 5.41) is 0. The van der Waals surface area contributed by atoms with E-state index in [2.05, 4.69) is 9.47 Å². The maximum Gasteiger partial charge on any atom is 0.573 e. The standard InChI is InChI=1S/C13H14F5NO4.ClH/c1-3-22-11(20)12(14,15)10(19)8-5-4-7(6-9(8)21-2)23-13(16,17)18;/h4-6,10H,3,19H2,1-2H3;1H/t10-;/m0./s1. The molecule has 1 rings (SSSR count). The van der Waals surface area contributed by atoms with Crippen molar-refractivity contribution in [3.8, 4) is 11.5 Å². The first-order valence-corrected chi connectivity index (χ1v) is 6.27. The summed E-state index contributed by atoms with van der Waals surface area (Å²) in [6, 6.07) is 0.213. The largest absolute Gasteiger partial charge is 0.573 e. The number of alkyl halides is 5. The van der Waals surface area contributed by atoms with Gasteiger partial charge in [0.15, 0.2) is 0 Å². The second kappa shape index (κ2) is 8.34. The van der Waals surface area contributed by atoms with Crippen molar-refractivity contribution in [1.82, 2.24) is 0 Å². The van der Waals surface area contributed by atoms with Crippen molar-refractivity contribution in [2.24, 2.45) is 5.73 Å². The molecule has 24 heavy (non-hydrogen) atoms. The summed E-state index contributed by atoms with van der Waals surface area (Å²) < 4.78 is 76.9. The van der Waals surface area contributed by atoms with Gasteiger partial charge in [-0.3, -0.25) is 0 Å². The van der Waals surface area contributed by atoms with Crippen LogP contribution in [0.2, 0.25) is 0 Å². The average Bonchev–Trinajstić information content (AvgIpc) is 2.44. The third-order valence-corrected chi connectivity index (χ3v) is 2.71. The second-order valence-electron chi connectivity index (χ2n) is 4.27. The zero-order valence-electron chi connectivity index (χ0n) is 12.5. The smallest absolute Gasteiger partial charge is 0.496 e. The lowest BCUT2D eigenvalue weighted by Crippen LogP contribution is -2.41. The van der Waals surface area contributed by atoms with E-state index in [-0.39, 0.29) is 30.3 Å². The van der Waals surface area contributed by atoms with Gasteiger partial charge in [-0.05, 0) is 19.1 Å². The van der Waals surface area contributed by atoms with Crippen LogP contribution in [0.4, 0.5) is 22.0 Å². The van der Waals surface area contributed by atoms with Crippen LogP contribution >= 0.6 is 12.4 Å². The molecule has 0 bridgehead atoms. The Hall–Kier alpha value is -1.81. The predicted octanol–water partition coefficient (Wildman–Crippen LogP) is 3.21. The van der Waals surface area contributed by atoms with Crippen LogP contribution in [-0.4, -0.2) is 32.0 Å². The summed E-state index contributed by atoms with van der Waals surface area (Å²) in [6.07, 6.45) is -4.95. The van der Waals surface area contributed by atoms with E-state index >= 15 is 0 Å². The number of methoxy groups -OCH3 is 1. The molecule has 0 saturated heterocycles. The number of nitrogens with two attached hydrogens (primary N) is 1. The fourth-order valence-electron chi connectivity index (χ4n) is 1.70. The topological polar surface area (TPSA) is 70.8 Å². The molecule has 0 heterocycles. The molecule has 138 valence electrons. The molecule has 5 nitrogen and oxygen atoms in total. The van der Waals surface area contributed by atoms with Crippen molar-refractivity contribution >= 4 is 18.4 Å². The molecule has 1 aromatic carbocycles. The molecule has 2 N–H and O–H groups in total. The van der Waals surface area contributed by atoms with E-state index in [9.17, 15) is 26.7 Å². The highest BCUT2D eigenvalue weighted by Crippen LogP contribution is 2.38. The van der Waals surface area contributed by atoms with E-state index in [4.69, 9.17) is 10.5 Å². The van der Waals surface area contributed by atoms with Crippen molar-refractivity contribution in [1.29, 1.82) is 0 Å². The summed E-state index contributed by atoms with van der Waals surface area (Å²) in [5.74, 6) is -6.99. The average molecular weight is 380 g/mol. The number of esters is 1. The van der Waals surface area contributed by atoms with Gasteiger partial charge in [-0.2, -0.15) is 8.78 Å². The van der Waals surface area contributed by atoms with Gasteiger partial charge < -0.3 is 19.9 Å². The molecule has 0 unspecified atom stereocenters. The minimum absolute atomic E-state index is 0.